The molecule has 1 aliphatic heterocycles. The van der Waals surface area contributed by atoms with Crippen molar-refractivity contribution in [3.05, 3.63) is 11.4 Å². The molecule has 6 nitrogen and oxygen atoms in total. The van der Waals surface area contributed by atoms with Gasteiger partial charge in [-0.05, 0) is 20.3 Å². The summed E-state index contributed by atoms with van der Waals surface area (Å²) in [5.74, 6) is 7.78. The first kappa shape index (κ1) is 13.0. The Bertz CT molecular complexity index is 429. The Morgan fingerprint density at radius 3 is 2.67 bits per heavy atom. The van der Waals surface area contributed by atoms with Crippen molar-refractivity contribution in [2.75, 3.05) is 24.0 Å². The van der Waals surface area contributed by atoms with Crippen LogP contribution in [0.25, 0.3) is 0 Å². The van der Waals surface area contributed by atoms with Crippen molar-refractivity contribution in [3.8, 4) is 0 Å². The third-order valence-corrected chi connectivity index (χ3v) is 3.28. The van der Waals surface area contributed by atoms with Crippen LogP contribution in [-0.4, -0.2) is 28.7 Å². The molecule has 1 aromatic rings. The summed E-state index contributed by atoms with van der Waals surface area (Å²) < 4.78 is 5.44. The molecule has 4 N–H and O–H groups in total. The van der Waals surface area contributed by atoms with Crippen molar-refractivity contribution in [1.29, 1.82) is 0 Å². The second-order valence-electron chi connectivity index (χ2n) is 4.95. The highest BCUT2D eigenvalue weighted by atomic mass is 16.5. The minimum absolute atomic E-state index is 0.0595. The van der Waals surface area contributed by atoms with E-state index in [1.807, 2.05) is 13.8 Å². The maximum atomic E-state index is 5.49. The fraction of sp³-hybridized carbons (Fsp3) is 0.667. The first-order valence-electron chi connectivity index (χ1n) is 6.28. The van der Waals surface area contributed by atoms with Gasteiger partial charge in [-0.25, -0.2) is 15.8 Å². The molecule has 0 radical (unpaired) electrons. The molecular formula is C12H21N5O. The minimum Gasteiger partial charge on any atom is -0.379 e. The highest BCUT2D eigenvalue weighted by Crippen LogP contribution is 2.27. The summed E-state index contributed by atoms with van der Waals surface area (Å²) in [5.41, 5.74) is 3.50. The zero-order valence-electron chi connectivity index (χ0n) is 11.2. The van der Waals surface area contributed by atoms with Crippen molar-refractivity contribution < 1.29 is 4.74 Å². The smallest absolute Gasteiger partial charge is 0.148 e. The zero-order valence-corrected chi connectivity index (χ0v) is 11.2. The van der Waals surface area contributed by atoms with Crippen LogP contribution in [0.4, 0.5) is 11.6 Å². The second kappa shape index (κ2) is 5.07. The average molecular weight is 251 g/mol. The van der Waals surface area contributed by atoms with E-state index in [0.29, 0.717) is 12.4 Å². The lowest BCUT2D eigenvalue weighted by molar-refractivity contribution is 0.185. The molecule has 1 fully saturated rings. The van der Waals surface area contributed by atoms with Gasteiger partial charge >= 0.3 is 0 Å². The molecule has 0 saturated carbocycles. The lowest BCUT2D eigenvalue weighted by atomic mass is 10.0. The summed E-state index contributed by atoms with van der Waals surface area (Å²) >= 11 is 0. The van der Waals surface area contributed by atoms with E-state index in [2.05, 4.69) is 27.6 Å². The summed E-state index contributed by atoms with van der Waals surface area (Å²) in [7, 11) is 0. The van der Waals surface area contributed by atoms with Crippen LogP contribution in [0.2, 0.25) is 0 Å². The largest absolute Gasteiger partial charge is 0.379 e. The molecule has 1 unspecified atom stereocenters. The normalized spacial score (nSPS) is 23.1. The summed E-state index contributed by atoms with van der Waals surface area (Å²) in [5, 5.41) is 3.46. The van der Waals surface area contributed by atoms with E-state index in [0.717, 1.165) is 36.7 Å². The summed E-state index contributed by atoms with van der Waals surface area (Å²) in [6.07, 6.45) is 1.75. The van der Waals surface area contributed by atoms with Crippen molar-refractivity contribution in [2.45, 2.75) is 39.2 Å². The molecule has 0 aliphatic carbocycles. The van der Waals surface area contributed by atoms with Crippen LogP contribution in [-0.2, 0) is 11.2 Å². The number of aryl methyl sites for hydroxylation is 1. The molecule has 0 spiro atoms. The third kappa shape index (κ3) is 2.54. The highest BCUT2D eigenvalue weighted by Gasteiger charge is 2.30. The Labute approximate surface area is 107 Å². The standard InChI is InChI=1S/C12H21N5O/c1-4-9-14-10(8(2)11(15-9)17-13)16-12(3)5-6-18-7-12/h4-7,13H2,1-3H3,(H2,14,15,16,17). The number of nitrogens with one attached hydrogen (secondary N) is 2. The van der Waals surface area contributed by atoms with E-state index in [1.54, 1.807) is 0 Å². The predicted octanol–water partition coefficient (Wildman–Crippen LogP) is 1.22. The quantitative estimate of drug-likeness (QED) is 0.551. The van der Waals surface area contributed by atoms with Crippen LogP contribution in [0.5, 0.6) is 0 Å². The monoisotopic (exact) mass is 251 g/mol. The predicted molar refractivity (Wildman–Crippen MR) is 71.4 cm³/mol. The fourth-order valence-electron chi connectivity index (χ4n) is 2.03. The van der Waals surface area contributed by atoms with Crippen molar-refractivity contribution >= 4 is 11.6 Å². The molecule has 0 aromatic carbocycles. The van der Waals surface area contributed by atoms with E-state index < -0.39 is 0 Å². The number of hydrazine groups is 1. The van der Waals surface area contributed by atoms with Crippen LogP contribution in [0.1, 0.15) is 31.7 Å². The molecule has 2 rings (SSSR count). The van der Waals surface area contributed by atoms with Gasteiger partial charge in [0.15, 0.2) is 0 Å². The Balaban J connectivity index is 2.31. The Morgan fingerprint density at radius 1 is 1.39 bits per heavy atom. The zero-order chi connectivity index (χ0) is 13.2. The summed E-state index contributed by atoms with van der Waals surface area (Å²) in [4.78, 5) is 8.88. The number of aromatic nitrogens is 2. The first-order valence-corrected chi connectivity index (χ1v) is 6.28. The number of nitrogens with two attached hydrogens (primary N) is 1. The summed E-state index contributed by atoms with van der Waals surface area (Å²) in [6, 6.07) is 0. The molecule has 0 bridgehead atoms. The maximum absolute atomic E-state index is 5.49. The Morgan fingerprint density at radius 2 is 2.11 bits per heavy atom. The van der Waals surface area contributed by atoms with Gasteiger partial charge in [-0.3, -0.25) is 0 Å². The minimum atomic E-state index is -0.0595. The average Bonchev–Trinajstić information content (AvgIpc) is 2.78. The summed E-state index contributed by atoms with van der Waals surface area (Å²) in [6.45, 7) is 7.60. The van der Waals surface area contributed by atoms with Gasteiger partial charge in [0.1, 0.15) is 17.5 Å². The topological polar surface area (TPSA) is 85.1 Å². The molecule has 0 amide bonds. The van der Waals surface area contributed by atoms with Crippen LogP contribution in [0.15, 0.2) is 0 Å². The van der Waals surface area contributed by atoms with Gasteiger partial charge in [-0.2, -0.15) is 0 Å². The molecular weight excluding hydrogens is 230 g/mol. The van der Waals surface area contributed by atoms with Gasteiger partial charge in [0.05, 0.1) is 12.1 Å². The number of ether oxygens (including phenoxy) is 1. The number of rotatable bonds is 4. The lowest BCUT2D eigenvalue weighted by Gasteiger charge is -2.26. The van der Waals surface area contributed by atoms with E-state index in [4.69, 9.17) is 10.6 Å². The SMILES string of the molecule is CCc1nc(NN)c(C)c(NC2(C)CCOC2)n1. The van der Waals surface area contributed by atoms with E-state index in [-0.39, 0.29) is 5.54 Å². The molecule has 1 saturated heterocycles. The second-order valence-corrected chi connectivity index (χ2v) is 4.95. The molecule has 2 heterocycles. The van der Waals surface area contributed by atoms with Crippen LogP contribution >= 0.6 is 0 Å². The van der Waals surface area contributed by atoms with E-state index in [1.165, 1.54) is 0 Å². The fourth-order valence-corrected chi connectivity index (χ4v) is 2.03. The highest BCUT2D eigenvalue weighted by molar-refractivity contribution is 5.57. The van der Waals surface area contributed by atoms with Crippen LogP contribution in [0, 0.1) is 6.92 Å². The van der Waals surface area contributed by atoms with Gasteiger partial charge in [-0.15, -0.1) is 0 Å². The van der Waals surface area contributed by atoms with Gasteiger partial charge in [0.25, 0.3) is 0 Å². The van der Waals surface area contributed by atoms with E-state index >= 15 is 0 Å². The number of anilines is 2. The van der Waals surface area contributed by atoms with Gasteiger partial charge in [0.2, 0.25) is 0 Å². The van der Waals surface area contributed by atoms with Gasteiger partial charge in [0, 0.05) is 18.6 Å². The number of nitrogens with zero attached hydrogens (tertiary/aromatic N) is 2. The third-order valence-electron chi connectivity index (χ3n) is 3.28. The van der Waals surface area contributed by atoms with Gasteiger partial charge < -0.3 is 15.5 Å². The molecule has 1 aliphatic rings. The number of hydrogen-bond acceptors (Lipinski definition) is 6. The molecule has 1 atom stereocenters. The van der Waals surface area contributed by atoms with Gasteiger partial charge in [-0.1, -0.05) is 6.92 Å². The number of nitrogen functional groups attached to an aromatic ring is 1. The van der Waals surface area contributed by atoms with Crippen LogP contribution in [0.3, 0.4) is 0 Å². The molecule has 100 valence electrons. The number of hydrogen-bond donors (Lipinski definition) is 3. The molecule has 6 heteroatoms. The first-order chi connectivity index (χ1) is 8.58. The maximum Gasteiger partial charge on any atom is 0.148 e. The van der Waals surface area contributed by atoms with Crippen molar-refractivity contribution in [3.63, 3.8) is 0 Å². The Kier molecular flexibility index (Phi) is 3.68. The van der Waals surface area contributed by atoms with Crippen LogP contribution < -0.4 is 16.6 Å². The van der Waals surface area contributed by atoms with Crippen molar-refractivity contribution in [2.24, 2.45) is 5.84 Å². The van der Waals surface area contributed by atoms with Crippen molar-refractivity contribution in [1.82, 2.24) is 9.97 Å². The van der Waals surface area contributed by atoms with E-state index in [9.17, 15) is 0 Å². The lowest BCUT2D eigenvalue weighted by Crippen LogP contribution is -2.36. The Hall–Kier alpha value is -1.40. The molecule has 1 aromatic heterocycles. The molecule has 18 heavy (non-hydrogen) atoms.